The van der Waals surface area contributed by atoms with Crippen LogP contribution in [0.2, 0.25) is 0 Å². The van der Waals surface area contributed by atoms with Crippen LogP contribution in [-0.2, 0) is 9.09 Å². The molecule has 0 aromatic rings. The minimum absolute atomic E-state index is 0.292. The molecule has 1 rings (SSSR count). The van der Waals surface area contributed by atoms with Gasteiger partial charge in [-0.15, -0.1) is 0 Å². The fourth-order valence-electron chi connectivity index (χ4n) is 0.944. The summed E-state index contributed by atoms with van der Waals surface area (Å²) in [7, 11) is -0.292. The molecule has 1 aliphatic rings. The zero-order valence-electron chi connectivity index (χ0n) is 5.89. The van der Waals surface area contributed by atoms with E-state index in [2.05, 4.69) is 10.6 Å². The maximum absolute atomic E-state index is 10.1. The molecule has 1 fully saturated rings. The fraction of sp³-hybridized carbons (Fsp3) is 1.00. The van der Waals surface area contributed by atoms with Crippen LogP contribution in [-0.4, -0.2) is 18.9 Å². The zero-order valence-corrected chi connectivity index (χ0v) is 6.78. The van der Waals surface area contributed by atoms with Crippen molar-refractivity contribution in [3.8, 4) is 0 Å². The minimum Gasteiger partial charge on any atom is -0.276 e. The number of rotatable bonds is 2. The first-order valence-corrected chi connectivity index (χ1v) is 4.01. The predicted octanol–water partition coefficient (Wildman–Crippen LogP) is 0.466. The summed E-state index contributed by atoms with van der Waals surface area (Å²) in [5.41, 5.74) is 0. The van der Waals surface area contributed by atoms with Crippen molar-refractivity contribution in [1.29, 1.82) is 0 Å². The van der Waals surface area contributed by atoms with Gasteiger partial charge in [-0.25, -0.2) is 4.57 Å². The molecule has 58 valence electrons. The van der Waals surface area contributed by atoms with E-state index in [1.54, 1.807) is 0 Å². The molecule has 0 saturated carbocycles. The zero-order chi connectivity index (χ0) is 7.45. The molecule has 0 aromatic carbocycles. The van der Waals surface area contributed by atoms with Crippen molar-refractivity contribution < 1.29 is 9.09 Å². The largest absolute Gasteiger partial charge is 0.330 e. The van der Waals surface area contributed by atoms with Gasteiger partial charge in [0.25, 0.3) is 0 Å². The first-order chi connectivity index (χ1) is 4.77. The topological polar surface area (TPSA) is 50.4 Å². The van der Waals surface area contributed by atoms with E-state index in [0.717, 1.165) is 19.5 Å². The van der Waals surface area contributed by atoms with Gasteiger partial charge in [0.05, 0.1) is 0 Å². The van der Waals surface area contributed by atoms with Gasteiger partial charge in [-0.05, 0) is 13.3 Å². The summed E-state index contributed by atoms with van der Waals surface area (Å²) in [5.74, 6) is -0.596. The SMILES string of the molecule is CC1(OP=O)NCCCN1. The van der Waals surface area contributed by atoms with Crippen molar-refractivity contribution in [2.24, 2.45) is 0 Å². The Kier molecular flexibility index (Phi) is 2.74. The van der Waals surface area contributed by atoms with Crippen LogP contribution in [0, 0.1) is 0 Å². The van der Waals surface area contributed by atoms with E-state index >= 15 is 0 Å². The Labute approximate surface area is 61.6 Å². The standard InChI is InChI=1S/C5H11N2O2P/c1-5(9-10-8)6-3-2-4-7-5/h6-7H,2-4H2,1H3. The Morgan fingerprint density at radius 3 is 2.60 bits per heavy atom. The van der Waals surface area contributed by atoms with Crippen molar-refractivity contribution in [3.05, 3.63) is 0 Å². The molecule has 0 atom stereocenters. The van der Waals surface area contributed by atoms with Crippen LogP contribution >= 0.6 is 8.69 Å². The van der Waals surface area contributed by atoms with E-state index in [9.17, 15) is 4.57 Å². The third-order valence-electron chi connectivity index (χ3n) is 1.50. The van der Waals surface area contributed by atoms with Crippen LogP contribution in [0.25, 0.3) is 0 Å². The van der Waals surface area contributed by atoms with Crippen LogP contribution in [0.5, 0.6) is 0 Å². The molecule has 0 aliphatic carbocycles. The van der Waals surface area contributed by atoms with Gasteiger partial charge in [0, 0.05) is 13.1 Å². The van der Waals surface area contributed by atoms with Gasteiger partial charge in [-0.2, -0.15) is 0 Å². The summed E-state index contributed by atoms with van der Waals surface area (Å²) in [5, 5.41) is 6.11. The highest BCUT2D eigenvalue weighted by Gasteiger charge is 2.26. The molecule has 0 bridgehead atoms. The Balaban J connectivity index is 2.39. The highest BCUT2D eigenvalue weighted by molar-refractivity contribution is 7.17. The van der Waals surface area contributed by atoms with Gasteiger partial charge in [-0.1, -0.05) is 0 Å². The average molecular weight is 162 g/mol. The van der Waals surface area contributed by atoms with Crippen molar-refractivity contribution in [1.82, 2.24) is 10.6 Å². The normalized spacial score (nSPS) is 24.9. The smallest absolute Gasteiger partial charge is 0.276 e. The Morgan fingerprint density at radius 1 is 1.50 bits per heavy atom. The first-order valence-electron chi connectivity index (χ1n) is 3.28. The third-order valence-corrected chi connectivity index (χ3v) is 1.94. The molecule has 4 nitrogen and oxygen atoms in total. The fourth-order valence-corrected chi connectivity index (χ4v) is 1.22. The lowest BCUT2D eigenvalue weighted by Crippen LogP contribution is -2.59. The van der Waals surface area contributed by atoms with Crippen molar-refractivity contribution in [3.63, 3.8) is 0 Å². The molecule has 0 unspecified atom stereocenters. The summed E-state index contributed by atoms with van der Waals surface area (Å²) >= 11 is 0. The maximum atomic E-state index is 10.1. The monoisotopic (exact) mass is 162 g/mol. The molecule has 0 spiro atoms. The summed E-state index contributed by atoms with van der Waals surface area (Å²) < 4.78 is 14.9. The summed E-state index contributed by atoms with van der Waals surface area (Å²) in [6, 6.07) is 0. The molecule has 0 amide bonds. The molecule has 5 heteroatoms. The van der Waals surface area contributed by atoms with Crippen molar-refractivity contribution >= 4 is 8.69 Å². The second-order valence-corrected chi connectivity index (χ2v) is 2.74. The third kappa shape index (κ3) is 1.99. The average Bonchev–Trinajstić information content (AvgIpc) is 1.89. The van der Waals surface area contributed by atoms with E-state index in [1.807, 2.05) is 6.92 Å². The summed E-state index contributed by atoms with van der Waals surface area (Å²) in [4.78, 5) is 0. The van der Waals surface area contributed by atoms with E-state index < -0.39 is 5.85 Å². The van der Waals surface area contributed by atoms with Crippen LogP contribution < -0.4 is 10.6 Å². The lowest BCUT2D eigenvalue weighted by Gasteiger charge is -2.32. The van der Waals surface area contributed by atoms with Gasteiger partial charge in [0.15, 0.2) is 5.85 Å². The molecule has 1 heterocycles. The van der Waals surface area contributed by atoms with E-state index in [0.29, 0.717) is 0 Å². The first kappa shape index (κ1) is 8.08. The molecule has 1 saturated heterocycles. The van der Waals surface area contributed by atoms with Gasteiger partial charge in [0.1, 0.15) is 0 Å². The van der Waals surface area contributed by atoms with Gasteiger partial charge in [-0.3, -0.25) is 15.2 Å². The Bertz CT molecular complexity index is 125. The quantitative estimate of drug-likeness (QED) is 0.579. The molecular weight excluding hydrogens is 151 g/mol. The number of nitrogens with one attached hydrogen (secondary N) is 2. The summed E-state index contributed by atoms with van der Waals surface area (Å²) in [6.07, 6.45) is 1.08. The maximum Gasteiger partial charge on any atom is 0.330 e. The number of hydrogen-bond acceptors (Lipinski definition) is 4. The molecule has 2 N–H and O–H groups in total. The van der Waals surface area contributed by atoms with Gasteiger partial charge < -0.3 is 0 Å². The van der Waals surface area contributed by atoms with Gasteiger partial charge >= 0.3 is 8.69 Å². The highest BCUT2D eigenvalue weighted by Crippen LogP contribution is 2.12. The van der Waals surface area contributed by atoms with E-state index in [4.69, 9.17) is 4.52 Å². The highest BCUT2D eigenvalue weighted by atomic mass is 31.1. The van der Waals surface area contributed by atoms with E-state index in [-0.39, 0.29) is 8.69 Å². The second-order valence-electron chi connectivity index (χ2n) is 2.41. The van der Waals surface area contributed by atoms with E-state index in [1.165, 1.54) is 0 Å². The Hall–Kier alpha value is -0.0200. The molecule has 1 aliphatic heterocycles. The number of hydrogen-bond donors (Lipinski definition) is 2. The second kappa shape index (κ2) is 3.39. The predicted molar refractivity (Wildman–Crippen MR) is 37.7 cm³/mol. The van der Waals surface area contributed by atoms with Crippen molar-refractivity contribution in [2.45, 2.75) is 19.2 Å². The Morgan fingerprint density at radius 2 is 2.10 bits per heavy atom. The summed E-state index contributed by atoms with van der Waals surface area (Å²) in [6.45, 7) is 3.62. The molecule has 10 heavy (non-hydrogen) atoms. The lowest BCUT2D eigenvalue weighted by molar-refractivity contribution is 0.0147. The molecule has 0 radical (unpaired) electrons. The van der Waals surface area contributed by atoms with Crippen LogP contribution in [0.1, 0.15) is 13.3 Å². The molecule has 0 aromatic heterocycles. The van der Waals surface area contributed by atoms with Crippen molar-refractivity contribution in [2.75, 3.05) is 13.1 Å². The molecular formula is C5H11N2O2P. The minimum atomic E-state index is -0.596. The van der Waals surface area contributed by atoms with Gasteiger partial charge in [0.2, 0.25) is 0 Å². The van der Waals surface area contributed by atoms with Crippen LogP contribution in [0.3, 0.4) is 0 Å². The van der Waals surface area contributed by atoms with Crippen LogP contribution in [0.15, 0.2) is 0 Å². The van der Waals surface area contributed by atoms with Crippen LogP contribution in [0.4, 0.5) is 0 Å². The lowest BCUT2D eigenvalue weighted by atomic mass is 10.3.